The molecule has 1 saturated heterocycles. The molecule has 0 aliphatic carbocycles. The standard InChI is InChI=1S/C10H20N2O4S/c1-3-16-10(13)8-17(14,15)12-6-4-5-9(7-12)11-2/h9,11H,3-8H2,1-2H3. The quantitative estimate of drug-likeness (QED) is 0.682. The number of esters is 1. The number of sulfonamides is 1. The second-order valence-electron chi connectivity index (χ2n) is 4.05. The Hall–Kier alpha value is -0.660. The van der Waals surface area contributed by atoms with E-state index in [4.69, 9.17) is 0 Å². The van der Waals surface area contributed by atoms with Gasteiger partial charge in [0.1, 0.15) is 0 Å². The molecule has 0 aromatic carbocycles. The Morgan fingerprint density at radius 3 is 2.82 bits per heavy atom. The van der Waals surface area contributed by atoms with Gasteiger partial charge in [0.2, 0.25) is 10.0 Å². The summed E-state index contributed by atoms with van der Waals surface area (Å²) in [6, 6.07) is 0.167. The van der Waals surface area contributed by atoms with Crippen molar-refractivity contribution in [2.75, 3.05) is 32.5 Å². The lowest BCUT2D eigenvalue weighted by Gasteiger charge is -2.31. The molecule has 0 aromatic rings. The predicted molar refractivity (Wildman–Crippen MR) is 64.1 cm³/mol. The van der Waals surface area contributed by atoms with Gasteiger partial charge < -0.3 is 10.1 Å². The molecular weight excluding hydrogens is 244 g/mol. The Bertz CT molecular complexity index is 355. The number of carbonyl (C=O) groups is 1. The van der Waals surface area contributed by atoms with Gasteiger partial charge in [-0.2, -0.15) is 4.31 Å². The Labute approximate surface area is 102 Å². The molecule has 1 unspecified atom stereocenters. The van der Waals surface area contributed by atoms with Crippen LogP contribution in [-0.4, -0.2) is 57.2 Å². The summed E-state index contributed by atoms with van der Waals surface area (Å²) in [6.07, 6.45) is 1.77. The SMILES string of the molecule is CCOC(=O)CS(=O)(=O)N1CCCC(NC)C1. The minimum Gasteiger partial charge on any atom is -0.465 e. The molecule has 1 rings (SSSR count). The summed E-state index contributed by atoms with van der Waals surface area (Å²) in [5, 5.41) is 3.06. The fraction of sp³-hybridized carbons (Fsp3) is 0.900. The minimum absolute atomic E-state index is 0.167. The first-order valence-corrected chi connectivity index (χ1v) is 7.41. The number of carbonyl (C=O) groups excluding carboxylic acids is 1. The van der Waals surface area contributed by atoms with E-state index in [0.717, 1.165) is 12.8 Å². The van der Waals surface area contributed by atoms with Crippen LogP contribution in [0.1, 0.15) is 19.8 Å². The summed E-state index contributed by atoms with van der Waals surface area (Å²) in [4.78, 5) is 11.2. The van der Waals surface area contributed by atoms with Gasteiger partial charge in [0.05, 0.1) is 6.61 Å². The fourth-order valence-corrected chi connectivity index (χ4v) is 3.25. The van der Waals surface area contributed by atoms with E-state index >= 15 is 0 Å². The highest BCUT2D eigenvalue weighted by molar-refractivity contribution is 7.89. The topological polar surface area (TPSA) is 75.7 Å². The molecule has 17 heavy (non-hydrogen) atoms. The summed E-state index contributed by atoms with van der Waals surface area (Å²) in [7, 11) is -1.72. The van der Waals surface area contributed by atoms with Crippen molar-refractivity contribution in [2.24, 2.45) is 0 Å². The highest BCUT2D eigenvalue weighted by atomic mass is 32.2. The molecule has 1 aliphatic heterocycles. The third-order valence-corrected chi connectivity index (χ3v) is 4.51. The molecule has 7 heteroatoms. The van der Waals surface area contributed by atoms with Crippen LogP contribution in [0.15, 0.2) is 0 Å². The molecule has 100 valence electrons. The Balaban J connectivity index is 2.60. The van der Waals surface area contributed by atoms with Crippen molar-refractivity contribution in [3.63, 3.8) is 0 Å². The predicted octanol–water partition coefficient (Wildman–Crippen LogP) is -0.437. The number of rotatable bonds is 5. The van der Waals surface area contributed by atoms with E-state index in [-0.39, 0.29) is 12.6 Å². The van der Waals surface area contributed by atoms with Crippen molar-refractivity contribution in [1.29, 1.82) is 0 Å². The lowest BCUT2D eigenvalue weighted by molar-refractivity contribution is -0.140. The van der Waals surface area contributed by atoms with Crippen molar-refractivity contribution >= 4 is 16.0 Å². The number of piperidine rings is 1. The van der Waals surface area contributed by atoms with Gasteiger partial charge in [-0.15, -0.1) is 0 Å². The van der Waals surface area contributed by atoms with Gasteiger partial charge in [0.25, 0.3) is 0 Å². The zero-order valence-electron chi connectivity index (χ0n) is 10.3. The first-order chi connectivity index (χ1) is 7.99. The van der Waals surface area contributed by atoms with Crippen molar-refractivity contribution in [1.82, 2.24) is 9.62 Å². The van der Waals surface area contributed by atoms with Crippen LogP contribution < -0.4 is 5.32 Å². The monoisotopic (exact) mass is 264 g/mol. The number of nitrogens with zero attached hydrogens (tertiary/aromatic N) is 1. The molecule has 0 aromatic heterocycles. The first-order valence-electron chi connectivity index (χ1n) is 5.80. The van der Waals surface area contributed by atoms with E-state index in [0.29, 0.717) is 13.1 Å². The maximum absolute atomic E-state index is 11.9. The zero-order chi connectivity index (χ0) is 12.9. The summed E-state index contributed by atoms with van der Waals surface area (Å²) in [5.74, 6) is -1.24. The number of ether oxygens (including phenoxy) is 1. The van der Waals surface area contributed by atoms with Crippen LogP contribution in [0, 0.1) is 0 Å². The van der Waals surface area contributed by atoms with E-state index in [1.807, 2.05) is 7.05 Å². The highest BCUT2D eigenvalue weighted by Gasteiger charge is 2.30. The molecule has 0 amide bonds. The van der Waals surface area contributed by atoms with E-state index in [2.05, 4.69) is 10.1 Å². The van der Waals surface area contributed by atoms with Gasteiger partial charge in [0, 0.05) is 19.1 Å². The minimum atomic E-state index is -3.53. The lowest BCUT2D eigenvalue weighted by atomic mass is 10.1. The molecule has 1 atom stereocenters. The number of likely N-dealkylation sites (N-methyl/N-ethyl adjacent to an activating group) is 1. The third kappa shape index (κ3) is 4.25. The largest absolute Gasteiger partial charge is 0.465 e. The molecule has 1 aliphatic rings. The molecule has 1 N–H and O–H groups in total. The normalized spacial score (nSPS) is 22.4. The van der Waals surface area contributed by atoms with E-state index in [1.54, 1.807) is 6.92 Å². The Kier molecular flexibility index (Phi) is 5.35. The van der Waals surface area contributed by atoms with Crippen LogP contribution in [0.2, 0.25) is 0 Å². The molecule has 0 radical (unpaired) electrons. The lowest BCUT2D eigenvalue weighted by Crippen LogP contribution is -2.48. The van der Waals surface area contributed by atoms with E-state index < -0.39 is 21.7 Å². The maximum atomic E-state index is 11.9. The molecule has 1 heterocycles. The maximum Gasteiger partial charge on any atom is 0.322 e. The average Bonchev–Trinajstić information content (AvgIpc) is 2.28. The molecule has 1 fully saturated rings. The van der Waals surface area contributed by atoms with Crippen LogP contribution in [0.4, 0.5) is 0 Å². The summed E-state index contributed by atoms with van der Waals surface area (Å²) >= 11 is 0. The third-order valence-electron chi connectivity index (χ3n) is 2.79. The summed E-state index contributed by atoms with van der Waals surface area (Å²) in [5.41, 5.74) is 0. The Morgan fingerprint density at radius 1 is 1.53 bits per heavy atom. The number of hydrogen-bond acceptors (Lipinski definition) is 5. The van der Waals surface area contributed by atoms with Gasteiger partial charge in [-0.25, -0.2) is 8.42 Å². The van der Waals surface area contributed by atoms with Gasteiger partial charge in [-0.05, 0) is 26.8 Å². The summed E-state index contributed by atoms with van der Waals surface area (Å²) in [6.45, 7) is 2.77. The fourth-order valence-electron chi connectivity index (χ4n) is 1.87. The van der Waals surface area contributed by atoms with Crippen molar-refractivity contribution < 1.29 is 17.9 Å². The van der Waals surface area contributed by atoms with E-state index in [1.165, 1.54) is 4.31 Å². The average molecular weight is 264 g/mol. The van der Waals surface area contributed by atoms with Crippen LogP contribution in [0.25, 0.3) is 0 Å². The second-order valence-corrected chi connectivity index (χ2v) is 6.02. The summed E-state index contributed by atoms with van der Waals surface area (Å²) < 4.78 is 29.9. The van der Waals surface area contributed by atoms with E-state index in [9.17, 15) is 13.2 Å². The van der Waals surface area contributed by atoms with Crippen molar-refractivity contribution in [2.45, 2.75) is 25.8 Å². The molecule has 0 saturated carbocycles. The van der Waals surface area contributed by atoms with Crippen molar-refractivity contribution in [3.8, 4) is 0 Å². The molecule has 0 spiro atoms. The van der Waals surface area contributed by atoms with Crippen LogP contribution in [0.3, 0.4) is 0 Å². The number of hydrogen-bond donors (Lipinski definition) is 1. The van der Waals surface area contributed by atoms with Gasteiger partial charge in [-0.3, -0.25) is 4.79 Å². The van der Waals surface area contributed by atoms with Gasteiger partial charge in [-0.1, -0.05) is 0 Å². The zero-order valence-corrected chi connectivity index (χ0v) is 11.1. The number of nitrogens with one attached hydrogen (secondary N) is 1. The molecule has 6 nitrogen and oxygen atoms in total. The highest BCUT2D eigenvalue weighted by Crippen LogP contribution is 2.14. The Morgan fingerprint density at radius 2 is 2.24 bits per heavy atom. The van der Waals surface area contributed by atoms with Crippen LogP contribution in [0.5, 0.6) is 0 Å². The van der Waals surface area contributed by atoms with Gasteiger partial charge in [0.15, 0.2) is 5.75 Å². The van der Waals surface area contributed by atoms with Crippen LogP contribution >= 0.6 is 0 Å². The van der Waals surface area contributed by atoms with Gasteiger partial charge >= 0.3 is 5.97 Å². The first kappa shape index (κ1) is 14.4. The smallest absolute Gasteiger partial charge is 0.322 e. The second kappa shape index (κ2) is 6.32. The molecular formula is C10H20N2O4S. The molecule has 0 bridgehead atoms. The van der Waals surface area contributed by atoms with Crippen LogP contribution in [-0.2, 0) is 19.6 Å². The van der Waals surface area contributed by atoms with Crippen molar-refractivity contribution in [3.05, 3.63) is 0 Å².